The average molecular weight is 267 g/mol. The van der Waals surface area contributed by atoms with Gasteiger partial charge in [-0.1, -0.05) is 0 Å². The zero-order valence-electron chi connectivity index (χ0n) is 11.0. The number of nitrogens with one attached hydrogen (secondary N) is 2. The molecule has 2 N–H and O–H groups in total. The molecule has 0 saturated carbocycles. The second kappa shape index (κ2) is 6.31. The molecular weight excluding hydrogens is 246 g/mol. The Morgan fingerprint density at radius 2 is 2.22 bits per heavy atom. The van der Waals surface area contributed by atoms with E-state index in [1.807, 2.05) is 6.92 Å². The van der Waals surface area contributed by atoms with Gasteiger partial charge in [-0.25, -0.2) is 0 Å². The minimum absolute atomic E-state index is 0.0361. The van der Waals surface area contributed by atoms with E-state index >= 15 is 0 Å². The van der Waals surface area contributed by atoms with Gasteiger partial charge in [0.15, 0.2) is 0 Å². The second-order valence-electron chi connectivity index (χ2n) is 4.76. The molecule has 4 nitrogen and oxygen atoms in total. The van der Waals surface area contributed by atoms with Crippen LogP contribution in [0.15, 0.2) is 10.8 Å². The zero-order chi connectivity index (χ0) is 13.0. The summed E-state index contributed by atoms with van der Waals surface area (Å²) in [4.78, 5) is 14.3. The quantitative estimate of drug-likeness (QED) is 0.854. The Hall–Kier alpha value is -0.910. The van der Waals surface area contributed by atoms with Crippen LogP contribution in [0.4, 0.5) is 0 Å². The largest absolute Gasteiger partial charge is 0.351 e. The molecule has 1 amide bonds. The molecule has 1 aliphatic heterocycles. The summed E-state index contributed by atoms with van der Waals surface area (Å²) in [5, 5.41) is 10.5. The van der Waals surface area contributed by atoms with Crippen molar-refractivity contribution in [3.8, 4) is 0 Å². The van der Waals surface area contributed by atoms with Crippen LogP contribution in [-0.2, 0) is 11.3 Å². The van der Waals surface area contributed by atoms with Crippen molar-refractivity contribution in [2.24, 2.45) is 0 Å². The maximum Gasteiger partial charge on any atom is 0.237 e. The Labute approximate surface area is 112 Å². The van der Waals surface area contributed by atoms with Gasteiger partial charge in [-0.05, 0) is 35.7 Å². The number of rotatable bonds is 4. The maximum atomic E-state index is 12.1. The highest BCUT2D eigenvalue weighted by Crippen LogP contribution is 2.13. The Kier molecular flexibility index (Phi) is 4.74. The first-order chi connectivity index (χ1) is 8.68. The highest BCUT2D eigenvalue weighted by molar-refractivity contribution is 7.08. The minimum Gasteiger partial charge on any atom is -0.351 e. The number of piperazine rings is 1. The molecule has 5 heteroatoms. The summed E-state index contributed by atoms with van der Waals surface area (Å²) in [6.07, 6.45) is 0. The third kappa shape index (κ3) is 3.31. The molecule has 1 aromatic rings. The summed E-state index contributed by atoms with van der Waals surface area (Å²) in [6, 6.07) is -0.0361. The van der Waals surface area contributed by atoms with Gasteiger partial charge in [0.1, 0.15) is 0 Å². The Bertz CT molecular complexity index is 399. The van der Waals surface area contributed by atoms with Crippen LogP contribution in [0, 0.1) is 6.92 Å². The molecule has 0 aliphatic carbocycles. The molecule has 0 aromatic carbocycles. The smallest absolute Gasteiger partial charge is 0.237 e. The summed E-state index contributed by atoms with van der Waals surface area (Å²) < 4.78 is 0. The van der Waals surface area contributed by atoms with Crippen molar-refractivity contribution >= 4 is 17.2 Å². The fourth-order valence-corrected chi connectivity index (χ4v) is 2.99. The molecule has 1 unspecified atom stereocenters. The van der Waals surface area contributed by atoms with Crippen molar-refractivity contribution in [3.63, 3.8) is 0 Å². The van der Waals surface area contributed by atoms with E-state index in [1.54, 1.807) is 11.3 Å². The Morgan fingerprint density at radius 3 is 2.83 bits per heavy atom. The molecule has 0 bridgehead atoms. The number of carbonyl (C=O) groups excluding carboxylic acids is 1. The van der Waals surface area contributed by atoms with Crippen molar-refractivity contribution in [2.75, 3.05) is 26.2 Å². The Balaban J connectivity index is 1.82. The first kappa shape index (κ1) is 13.5. The lowest BCUT2D eigenvalue weighted by molar-refractivity contribution is -0.126. The van der Waals surface area contributed by atoms with Crippen LogP contribution in [0.2, 0.25) is 0 Å². The van der Waals surface area contributed by atoms with Gasteiger partial charge < -0.3 is 10.6 Å². The first-order valence-corrected chi connectivity index (χ1v) is 7.37. The van der Waals surface area contributed by atoms with Gasteiger partial charge >= 0.3 is 0 Å². The van der Waals surface area contributed by atoms with Crippen LogP contribution < -0.4 is 10.6 Å². The number of hydrogen-bond acceptors (Lipinski definition) is 4. The molecule has 1 aliphatic rings. The van der Waals surface area contributed by atoms with Gasteiger partial charge in [0, 0.05) is 32.7 Å². The first-order valence-electron chi connectivity index (χ1n) is 6.42. The normalized spacial score (nSPS) is 18.6. The van der Waals surface area contributed by atoms with Gasteiger partial charge in [-0.15, -0.1) is 0 Å². The highest BCUT2D eigenvalue weighted by atomic mass is 32.1. The fourth-order valence-electron chi connectivity index (χ4n) is 2.13. The molecule has 18 heavy (non-hydrogen) atoms. The van der Waals surface area contributed by atoms with E-state index in [4.69, 9.17) is 0 Å². The van der Waals surface area contributed by atoms with E-state index in [0.29, 0.717) is 6.54 Å². The molecule has 1 fully saturated rings. The number of amides is 1. The molecule has 1 aromatic heterocycles. The van der Waals surface area contributed by atoms with E-state index in [9.17, 15) is 4.79 Å². The van der Waals surface area contributed by atoms with Crippen LogP contribution in [0.1, 0.15) is 18.1 Å². The Morgan fingerprint density at radius 1 is 1.50 bits per heavy atom. The minimum atomic E-state index is -0.0361. The van der Waals surface area contributed by atoms with Gasteiger partial charge in [-0.2, -0.15) is 11.3 Å². The maximum absolute atomic E-state index is 12.1. The average Bonchev–Trinajstić information content (AvgIpc) is 2.81. The molecule has 100 valence electrons. The topological polar surface area (TPSA) is 44.4 Å². The number of hydrogen-bond donors (Lipinski definition) is 2. The molecular formula is C13H21N3OS. The predicted octanol–water partition coefficient (Wildman–Crippen LogP) is 0.966. The summed E-state index contributed by atoms with van der Waals surface area (Å²) >= 11 is 1.68. The van der Waals surface area contributed by atoms with Crippen LogP contribution in [0.3, 0.4) is 0 Å². The lowest BCUT2D eigenvalue weighted by Gasteiger charge is -2.31. The molecule has 1 atom stereocenters. The predicted molar refractivity (Wildman–Crippen MR) is 74.8 cm³/mol. The molecule has 1 saturated heterocycles. The highest BCUT2D eigenvalue weighted by Gasteiger charge is 2.22. The zero-order valence-corrected chi connectivity index (χ0v) is 11.8. The lowest BCUT2D eigenvalue weighted by atomic mass is 10.2. The van der Waals surface area contributed by atoms with E-state index in [2.05, 4.69) is 33.2 Å². The summed E-state index contributed by atoms with van der Waals surface area (Å²) in [5.74, 6) is 0.127. The monoisotopic (exact) mass is 267 g/mol. The summed E-state index contributed by atoms with van der Waals surface area (Å²) in [6.45, 7) is 8.56. The molecule has 2 rings (SSSR count). The van der Waals surface area contributed by atoms with E-state index < -0.39 is 0 Å². The summed E-state index contributed by atoms with van der Waals surface area (Å²) in [7, 11) is 0. The SMILES string of the molecule is Cc1cscc1CNC(=O)C(C)N1CCNCC1. The fraction of sp³-hybridized carbons (Fsp3) is 0.615. The van der Waals surface area contributed by atoms with E-state index in [1.165, 1.54) is 11.1 Å². The molecule has 0 radical (unpaired) electrons. The van der Waals surface area contributed by atoms with Crippen molar-refractivity contribution in [3.05, 3.63) is 21.9 Å². The van der Waals surface area contributed by atoms with E-state index in [0.717, 1.165) is 26.2 Å². The lowest BCUT2D eigenvalue weighted by Crippen LogP contribution is -2.52. The van der Waals surface area contributed by atoms with Gasteiger partial charge in [-0.3, -0.25) is 9.69 Å². The van der Waals surface area contributed by atoms with Gasteiger partial charge in [0.05, 0.1) is 6.04 Å². The number of aryl methyl sites for hydroxylation is 1. The van der Waals surface area contributed by atoms with Crippen LogP contribution in [0.5, 0.6) is 0 Å². The van der Waals surface area contributed by atoms with Crippen molar-refractivity contribution in [1.29, 1.82) is 0 Å². The van der Waals surface area contributed by atoms with Crippen LogP contribution in [0.25, 0.3) is 0 Å². The van der Waals surface area contributed by atoms with Crippen molar-refractivity contribution < 1.29 is 4.79 Å². The number of thiophene rings is 1. The second-order valence-corrected chi connectivity index (χ2v) is 5.50. The van der Waals surface area contributed by atoms with Gasteiger partial charge in [0.2, 0.25) is 5.91 Å². The van der Waals surface area contributed by atoms with Crippen LogP contribution >= 0.6 is 11.3 Å². The van der Waals surface area contributed by atoms with Gasteiger partial charge in [0.25, 0.3) is 0 Å². The third-order valence-corrected chi connectivity index (χ3v) is 4.40. The van der Waals surface area contributed by atoms with E-state index in [-0.39, 0.29) is 11.9 Å². The molecule has 0 spiro atoms. The standard InChI is InChI=1S/C13H21N3OS/c1-10-8-18-9-12(10)7-15-13(17)11(2)16-5-3-14-4-6-16/h8-9,11,14H,3-7H2,1-2H3,(H,15,17). The number of nitrogens with zero attached hydrogens (tertiary/aromatic N) is 1. The summed E-state index contributed by atoms with van der Waals surface area (Å²) in [5.41, 5.74) is 2.48. The van der Waals surface area contributed by atoms with Crippen LogP contribution in [-0.4, -0.2) is 43.0 Å². The van der Waals surface area contributed by atoms with Crippen molar-refractivity contribution in [2.45, 2.75) is 26.4 Å². The third-order valence-electron chi connectivity index (χ3n) is 3.49. The molecule has 2 heterocycles. The van der Waals surface area contributed by atoms with Crippen molar-refractivity contribution in [1.82, 2.24) is 15.5 Å². The number of carbonyl (C=O) groups is 1.